The number of carbonyl (C=O) groups excluding carboxylic acids is 1. The Bertz CT molecular complexity index is 1900. The Morgan fingerprint density at radius 2 is 1.77 bits per heavy atom. The van der Waals surface area contributed by atoms with E-state index in [9.17, 15) is 14.7 Å². The molecule has 1 aliphatic rings. The zero-order valence-corrected chi connectivity index (χ0v) is 25.1. The van der Waals surface area contributed by atoms with E-state index >= 15 is 0 Å². The summed E-state index contributed by atoms with van der Waals surface area (Å²) < 4.78 is 19.1. The van der Waals surface area contributed by atoms with Gasteiger partial charge in [-0.3, -0.25) is 4.57 Å². The summed E-state index contributed by atoms with van der Waals surface area (Å²) in [4.78, 5) is 37.3. The van der Waals surface area contributed by atoms with Gasteiger partial charge >= 0.3 is 11.8 Å². The van der Waals surface area contributed by atoms with E-state index in [1.54, 1.807) is 48.5 Å². The van der Waals surface area contributed by atoms with Crippen LogP contribution in [0, 0.1) is 5.92 Å². The summed E-state index contributed by atoms with van der Waals surface area (Å²) >= 11 is 1.28. The molecule has 1 aliphatic heterocycles. The summed E-state index contributed by atoms with van der Waals surface area (Å²) in [6, 6.07) is 18.5. The highest BCUT2D eigenvalue weighted by Crippen LogP contribution is 2.30. The molecular formula is C32H32N4O6S. The van der Waals surface area contributed by atoms with Crippen molar-refractivity contribution in [1.29, 1.82) is 0 Å². The van der Waals surface area contributed by atoms with Crippen LogP contribution in [-0.2, 0) is 9.47 Å². The minimum Gasteiger partial charge on any atom is -0.511 e. The highest BCUT2D eigenvalue weighted by molar-refractivity contribution is 7.17. The number of amides is 1. The average molecular weight is 601 g/mol. The molecule has 1 N–H and O–H groups in total. The third kappa shape index (κ3) is 5.78. The summed E-state index contributed by atoms with van der Waals surface area (Å²) in [5, 5.41) is 12.1. The molecule has 4 heterocycles. The van der Waals surface area contributed by atoms with Gasteiger partial charge in [-0.1, -0.05) is 18.2 Å². The maximum absolute atomic E-state index is 13.5. The molecule has 0 aliphatic carbocycles. The fourth-order valence-electron chi connectivity index (χ4n) is 5.39. The third-order valence-electron chi connectivity index (χ3n) is 7.31. The molecule has 43 heavy (non-hydrogen) atoms. The number of likely N-dealkylation sites (tertiary alicyclic amines) is 1. The van der Waals surface area contributed by atoms with Gasteiger partial charge in [0.2, 0.25) is 0 Å². The molecule has 0 radical (unpaired) electrons. The van der Waals surface area contributed by atoms with Gasteiger partial charge in [-0.2, -0.15) is 4.98 Å². The first-order valence-electron chi connectivity index (χ1n) is 14.0. The van der Waals surface area contributed by atoms with Crippen LogP contribution >= 0.6 is 11.3 Å². The van der Waals surface area contributed by atoms with Crippen molar-refractivity contribution < 1.29 is 24.1 Å². The highest BCUT2D eigenvalue weighted by atomic mass is 32.1. The molecule has 5 aromatic rings. The van der Waals surface area contributed by atoms with Crippen molar-refractivity contribution in [3.05, 3.63) is 81.9 Å². The van der Waals surface area contributed by atoms with Crippen LogP contribution in [-0.4, -0.2) is 62.5 Å². The van der Waals surface area contributed by atoms with Crippen LogP contribution in [0.1, 0.15) is 27.2 Å². The van der Waals surface area contributed by atoms with Gasteiger partial charge in [0.15, 0.2) is 0 Å². The number of hydrogen-bond acceptors (Lipinski definition) is 9. The van der Waals surface area contributed by atoms with E-state index in [-0.39, 0.29) is 24.2 Å². The van der Waals surface area contributed by atoms with E-state index in [0.717, 1.165) is 0 Å². The van der Waals surface area contributed by atoms with Gasteiger partial charge in [0.05, 0.1) is 33.8 Å². The number of ether oxygens (including phenoxy) is 3. The Kier molecular flexibility index (Phi) is 7.53. The lowest BCUT2D eigenvalue weighted by atomic mass is 10.0. The Morgan fingerprint density at radius 3 is 2.47 bits per heavy atom. The quantitative estimate of drug-likeness (QED) is 0.274. The van der Waals surface area contributed by atoms with Crippen molar-refractivity contribution in [2.75, 3.05) is 20.2 Å². The molecule has 0 spiro atoms. The van der Waals surface area contributed by atoms with Crippen LogP contribution in [0.25, 0.3) is 32.7 Å². The number of aliphatic hydroxyl groups is 1. The van der Waals surface area contributed by atoms with Crippen LogP contribution in [0.4, 0.5) is 4.79 Å². The minimum atomic E-state index is -0.615. The first-order valence-corrected chi connectivity index (χ1v) is 14.8. The van der Waals surface area contributed by atoms with Gasteiger partial charge in [-0.15, -0.1) is 11.3 Å². The van der Waals surface area contributed by atoms with Crippen molar-refractivity contribution in [3.8, 4) is 17.2 Å². The maximum atomic E-state index is 13.5. The van der Waals surface area contributed by atoms with E-state index in [1.807, 2.05) is 51.1 Å². The van der Waals surface area contributed by atoms with E-state index < -0.39 is 17.4 Å². The SMILES string of the molecule is CO[C@H]1CN(C(=O)OC(C)(C)C)C[C@@H]1CC(O)=c1sc2nccc3c2c1nc(=O)n3-c1ccc(Oc2ccccc2)cc1. The van der Waals surface area contributed by atoms with Crippen LogP contribution in [0.3, 0.4) is 0 Å². The molecule has 1 saturated heterocycles. The lowest BCUT2D eigenvalue weighted by Gasteiger charge is -2.24. The number of benzene rings is 2. The summed E-state index contributed by atoms with van der Waals surface area (Å²) in [5.41, 5.74) is 0.581. The summed E-state index contributed by atoms with van der Waals surface area (Å²) in [5.74, 6) is 1.26. The lowest BCUT2D eigenvalue weighted by Crippen LogP contribution is -2.36. The molecule has 3 aromatic heterocycles. The zero-order valence-electron chi connectivity index (χ0n) is 24.3. The number of aromatic nitrogens is 3. The van der Waals surface area contributed by atoms with Crippen LogP contribution < -0.4 is 15.0 Å². The molecule has 6 rings (SSSR count). The second-order valence-corrected chi connectivity index (χ2v) is 12.5. The van der Waals surface area contributed by atoms with E-state index in [2.05, 4.69) is 9.97 Å². The standard InChI is InChI=1S/C32H32N4O6S/c1-32(2,3)42-31(39)35-17-19(25(18-35)40-4)16-24(37)28-27-26-23(14-15-33-29(26)43-28)36(30(38)34-27)20-10-12-22(13-11-20)41-21-8-6-5-7-9-21/h5-15,19,25,37H,16-18H2,1-4H3/t19-,25-/m0/s1. The highest BCUT2D eigenvalue weighted by Gasteiger charge is 2.38. The topological polar surface area (TPSA) is 116 Å². The normalized spacial score (nSPS) is 17.9. The lowest BCUT2D eigenvalue weighted by molar-refractivity contribution is 0.0251. The minimum absolute atomic E-state index is 0.0782. The second-order valence-electron chi connectivity index (χ2n) is 11.5. The van der Waals surface area contributed by atoms with Gasteiger partial charge in [-0.25, -0.2) is 14.6 Å². The molecule has 0 saturated carbocycles. The van der Waals surface area contributed by atoms with Gasteiger partial charge in [0, 0.05) is 32.2 Å². The number of carbonyl (C=O) groups is 1. The zero-order chi connectivity index (χ0) is 30.3. The molecule has 11 heteroatoms. The largest absolute Gasteiger partial charge is 0.511 e. The van der Waals surface area contributed by atoms with Gasteiger partial charge < -0.3 is 24.2 Å². The number of pyridine rings is 1. The molecule has 10 nitrogen and oxygen atoms in total. The van der Waals surface area contributed by atoms with Crippen molar-refractivity contribution in [3.63, 3.8) is 0 Å². The van der Waals surface area contributed by atoms with Gasteiger partial charge in [0.1, 0.15) is 33.2 Å². The van der Waals surface area contributed by atoms with Gasteiger partial charge in [0.25, 0.3) is 0 Å². The number of hydrogen-bond donors (Lipinski definition) is 1. The smallest absolute Gasteiger partial charge is 0.410 e. The van der Waals surface area contributed by atoms with E-state index in [0.29, 0.717) is 56.1 Å². The van der Waals surface area contributed by atoms with E-state index in [4.69, 9.17) is 14.2 Å². The maximum Gasteiger partial charge on any atom is 0.410 e. The van der Waals surface area contributed by atoms with Gasteiger partial charge in [-0.05, 0) is 63.2 Å². The summed E-state index contributed by atoms with van der Waals surface area (Å²) in [6.07, 6.45) is 1.19. The number of para-hydroxylation sites is 1. The van der Waals surface area contributed by atoms with Crippen molar-refractivity contribution in [2.24, 2.45) is 5.92 Å². The molecule has 2 atom stereocenters. The van der Waals surface area contributed by atoms with Crippen molar-refractivity contribution in [2.45, 2.75) is 38.9 Å². The fraction of sp³-hybridized carbons (Fsp3) is 0.312. The molecule has 0 bridgehead atoms. The molecule has 222 valence electrons. The molecular weight excluding hydrogens is 568 g/mol. The van der Waals surface area contributed by atoms with Crippen LogP contribution in [0.5, 0.6) is 11.5 Å². The number of aliphatic hydroxyl groups excluding tert-OH is 1. The Labute approximate surface area is 251 Å². The summed E-state index contributed by atoms with van der Waals surface area (Å²) in [7, 11) is 1.59. The number of rotatable bonds is 6. The predicted octanol–water partition coefficient (Wildman–Crippen LogP) is 5.44. The second kappa shape index (κ2) is 11.3. The molecule has 1 fully saturated rings. The molecule has 2 aromatic carbocycles. The average Bonchev–Trinajstić information content (AvgIpc) is 3.56. The predicted molar refractivity (Wildman–Crippen MR) is 165 cm³/mol. The summed E-state index contributed by atoms with van der Waals surface area (Å²) in [6.45, 7) is 6.20. The molecule has 1 amide bonds. The van der Waals surface area contributed by atoms with E-state index in [1.165, 1.54) is 15.9 Å². The van der Waals surface area contributed by atoms with Crippen LogP contribution in [0.15, 0.2) is 71.7 Å². The monoisotopic (exact) mass is 600 g/mol. The number of methoxy groups -OCH3 is 1. The van der Waals surface area contributed by atoms with Crippen molar-refractivity contribution >= 4 is 44.4 Å². The Morgan fingerprint density at radius 1 is 1.05 bits per heavy atom. The van der Waals surface area contributed by atoms with Crippen LogP contribution in [0.2, 0.25) is 0 Å². The third-order valence-corrected chi connectivity index (χ3v) is 8.45. The molecule has 0 unspecified atom stereocenters. The number of thiophene rings is 1. The Balaban J connectivity index is 1.33. The Hall–Kier alpha value is -4.48. The fourth-order valence-corrected chi connectivity index (χ4v) is 6.44. The first kappa shape index (κ1) is 28.6. The first-order chi connectivity index (χ1) is 20.6. The van der Waals surface area contributed by atoms with Crippen molar-refractivity contribution in [1.82, 2.24) is 19.4 Å². The number of nitrogens with zero attached hydrogens (tertiary/aromatic N) is 4.